The van der Waals surface area contributed by atoms with Crippen molar-refractivity contribution in [2.75, 3.05) is 32.5 Å². The molecule has 2 aromatic heterocycles. The van der Waals surface area contributed by atoms with Crippen LogP contribution in [-0.4, -0.2) is 46.9 Å². The van der Waals surface area contributed by atoms with Crippen LogP contribution in [0, 0.1) is 0 Å². The molecule has 0 aliphatic carbocycles. The number of anilines is 1. The minimum Gasteiger partial charge on any atom is -0.369 e. The predicted octanol–water partition coefficient (Wildman–Crippen LogP) is 0.762. The maximum Gasteiger partial charge on any atom is 0.168 e. The lowest BCUT2D eigenvalue weighted by molar-refractivity contribution is -0.858. The van der Waals surface area contributed by atoms with E-state index in [4.69, 9.17) is 0 Å². The van der Waals surface area contributed by atoms with Crippen LogP contribution in [0.2, 0.25) is 0 Å². The molecule has 0 aliphatic rings. The van der Waals surface area contributed by atoms with Crippen molar-refractivity contribution in [2.24, 2.45) is 0 Å². The van der Waals surface area contributed by atoms with Crippen LogP contribution < -0.4 is 10.2 Å². The lowest BCUT2D eigenvalue weighted by atomic mass is 10.3. The molecule has 3 aromatic rings. The molecule has 0 atom stereocenters. The first-order valence-corrected chi connectivity index (χ1v) is 7.53. The highest BCUT2D eigenvalue weighted by Gasteiger charge is 2.10. The van der Waals surface area contributed by atoms with Crippen LogP contribution in [0.1, 0.15) is 6.42 Å². The van der Waals surface area contributed by atoms with Crippen molar-refractivity contribution in [1.29, 1.82) is 0 Å². The van der Waals surface area contributed by atoms with Gasteiger partial charge in [-0.15, -0.1) is 0 Å². The van der Waals surface area contributed by atoms with Crippen molar-refractivity contribution >= 4 is 16.9 Å². The van der Waals surface area contributed by atoms with Gasteiger partial charge in [0.05, 0.1) is 37.9 Å². The molecule has 0 aliphatic heterocycles. The van der Waals surface area contributed by atoms with Gasteiger partial charge in [-0.05, 0) is 12.1 Å². The minimum absolute atomic E-state index is 0.821. The highest BCUT2D eigenvalue weighted by atomic mass is 15.3. The van der Waals surface area contributed by atoms with Crippen LogP contribution in [-0.2, 0) is 0 Å². The molecular formula is C16H21N6+. The van der Waals surface area contributed by atoms with E-state index in [1.807, 2.05) is 41.2 Å². The van der Waals surface area contributed by atoms with Gasteiger partial charge in [-0.25, -0.2) is 14.6 Å². The van der Waals surface area contributed by atoms with E-state index in [0.717, 1.165) is 42.0 Å². The first-order chi connectivity index (χ1) is 10.8. The van der Waals surface area contributed by atoms with Gasteiger partial charge in [0.2, 0.25) is 0 Å². The van der Waals surface area contributed by atoms with Gasteiger partial charge < -0.3 is 10.2 Å². The summed E-state index contributed by atoms with van der Waals surface area (Å²) in [6.07, 6.45) is 4.51. The van der Waals surface area contributed by atoms with Crippen LogP contribution in [0.25, 0.3) is 16.7 Å². The van der Waals surface area contributed by atoms with Gasteiger partial charge >= 0.3 is 0 Å². The summed E-state index contributed by atoms with van der Waals surface area (Å²) < 4.78 is 1.84. The molecule has 0 spiro atoms. The Morgan fingerprint density at radius 3 is 2.73 bits per heavy atom. The zero-order chi connectivity index (χ0) is 15.4. The highest BCUT2D eigenvalue weighted by molar-refractivity contribution is 5.87. The predicted molar refractivity (Wildman–Crippen MR) is 87.4 cm³/mol. The molecule has 3 rings (SSSR count). The molecule has 2 heterocycles. The van der Waals surface area contributed by atoms with Crippen molar-refractivity contribution in [2.45, 2.75) is 6.42 Å². The van der Waals surface area contributed by atoms with Gasteiger partial charge in [-0.2, -0.15) is 5.10 Å². The van der Waals surface area contributed by atoms with Crippen LogP contribution in [0.5, 0.6) is 0 Å². The minimum atomic E-state index is 0.821. The highest BCUT2D eigenvalue weighted by Crippen LogP contribution is 2.21. The van der Waals surface area contributed by atoms with E-state index in [-0.39, 0.29) is 0 Å². The average molecular weight is 297 g/mol. The van der Waals surface area contributed by atoms with Crippen molar-refractivity contribution in [3.8, 4) is 5.69 Å². The molecule has 0 amide bonds. The van der Waals surface area contributed by atoms with Crippen LogP contribution >= 0.6 is 0 Å². The molecule has 114 valence electrons. The average Bonchev–Trinajstić information content (AvgIpc) is 2.97. The number of hydrogen-bond acceptors (Lipinski definition) is 4. The Hall–Kier alpha value is -2.47. The SMILES string of the molecule is C[NH+](C)CCCNc1ncnc2c1cnn2-c1ccccc1. The van der Waals surface area contributed by atoms with Gasteiger partial charge in [0.25, 0.3) is 0 Å². The maximum atomic E-state index is 4.45. The van der Waals surface area contributed by atoms with Crippen LogP contribution in [0.3, 0.4) is 0 Å². The Morgan fingerprint density at radius 1 is 1.14 bits per heavy atom. The summed E-state index contributed by atoms with van der Waals surface area (Å²) in [5.41, 5.74) is 1.82. The van der Waals surface area contributed by atoms with Gasteiger partial charge in [0.15, 0.2) is 5.65 Å². The van der Waals surface area contributed by atoms with Crippen molar-refractivity contribution in [3.63, 3.8) is 0 Å². The van der Waals surface area contributed by atoms with Gasteiger partial charge in [0.1, 0.15) is 12.1 Å². The Bertz CT molecular complexity index is 735. The topological polar surface area (TPSA) is 60.1 Å². The standard InChI is InChI=1S/C16H20N6/c1-21(2)10-6-9-17-15-14-11-20-22(16(14)19-12-18-15)13-7-4-3-5-8-13/h3-5,7-8,11-12H,6,9-10H2,1-2H3,(H,17,18,19)/p+1. The second-order valence-corrected chi connectivity index (χ2v) is 5.59. The fourth-order valence-electron chi connectivity index (χ4n) is 2.39. The molecule has 6 nitrogen and oxygen atoms in total. The Kier molecular flexibility index (Phi) is 4.29. The summed E-state index contributed by atoms with van der Waals surface area (Å²) >= 11 is 0. The second kappa shape index (κ2) is 6.53. The fourth-order valence-corrected chi connectivity index (χ4v) is 2.39. The van der Waals surface area contributed by atoms with E-state index >= 15 is 0 Å². The third-order valence-electron chi connectivity index (χ3n) is 3.51. The summed E-state index contributed by atoms with van der Waals surface area (Å²) in [4.78, 5) is 10.2. The zero-order valence-electron chi connectivity index (χ0n) is 13.0. The number of nitrogens with one attached hydrogen (secondary N) is 2. The molecule has 0 radical (unpaired) electrons. The molecule has 0 unspecified atom stereocenters. The summed E-state index contributed by atoms with van der Waals surface area (Å²) in [7, 11) is 4.32. The van der Waals surface area contributed by atoms with Gasteiger partial charge in [0, 0.05) is 13.0 Å². The third-order valence-corrected chi connectivity index (χ3v) is 3.51. The number of benzene rings is 1. The molecule has 2 N–H and O–H groups in total. The summed E-state index contributed by atoms with van der Waals surface area (Å²) in [6, 6.07) is 10.0. The molecule has 1 aromatic carbocycles. The van der Waals surface area contributed by atoms with E-state index in [1.54, 1.807) is 6.33 Å². The number of aromatic nitrogens is 4. The Balaban J connectivity index is 1.83. The summed E-state index contributed by atoms with van der Waals surface area (Å²) in [6.45, 7) is 2.03. The van der Waals surface area contributed by atoms with E-state index in [0.29, 0.717) is 0 Å². The molecule has 0 bridgehead atoms. The van der Waals surface area contributed by atoms with Crippen molar-refractivity contribution in [1.82, 2.24) is 19.7 Å². The monoisotopic (exact) mass is 297 g/mol. The van der Waals surface area contributed by atoms with E-state index in [2.05, 4.69) is 34.5 Å². The first-order valence-electron chi connectivity index (χ1n) is 7.53. The summed E-state index contributed by atoms with van der Waals surface area (Å²) in [5, 5.41) is 8.79. The first kappa shape index (κ1) is 14.5. The third kappa shape index (κ3) is 3.07. The summed E-state index contributed by atoms with van der Waals surface area (Å²) in [5.74, 6) is 0.848. The van der Waals surface area contributed by atoms with Gasteiger partial charge in [-0.1, -0.05) is 18.2 Å². The Morgan fingerprint density at radius 2 is 1.95 bits per heavy atom. The van der Waals surface area contributed by atoms with E-state index in [9.17, 15) is 0 Å². The molecule has 6 heteroatoms. The van der Waals surface area contributed by atoms with Crippen molar-refractivity contribution in [3.05, 3.63) is 42.9 Å². The van der Waals surface area contributed by atoms with E-state index < -0.39 is 0 Å². The largest absolute Gasteiger partial charge is 0.369 e. The lowest BCUT2D eigenvalue weighted by Crippen LogP contribution is -3.05. The fraction of sp³-hybridized carbons (Fsp3) is 0.312. The molecular weight excluding hydrogens is 276 g/mol. The number of fused-ring (bicyclic) bond motifs is 1. The number of para-hydroxylation sites is 1. The van der Waals surface area contributed by atoms with Crippen LogP contribution in [0.4, 0.5) is 5.82 Å². The quantitative estimate of drug-likeness (QED) is 0.660. The lowest BCUT2D eigenvalue weighted by Gasteiger charge is -2.09. The zero-order valence-corrected chi connectivity index (χ0v) is 13.0. The number of quaternary nitrogens is 1. The number of hydrogen-bond donors (Lipinski definition) is 2. The Labute approximate surface area is 129 Å². The van der Waals surface area contributed by atoms with Gasteiger partial charge in [-0.3, -0.25) is 0 Å². The van der Waals surface area contributed by atoms with E-state index in [1.165, 1.54) is 4.90 Å². The number of rotatable bonds is 6. The smallest absolute Gasteiger partial charge is 0.168 e. The molecule has 0 saturated carbocycles. The molecule has 22 heavy (non-hydrogen) atoms. The molecule has 0 saturated heterocycles. The normalized spacial score (nSPS) is 11.2. The maximum absolute atomic E-state index is 4.45. The van der Waals surface area contributed by atoms with Crippen molar-refractivity contribution < 1.29 is 4.90 Å². The number of nitrogens with zero attached hydrogens (tertiary/aromatic N) is 4. The van der Waals surface area contributed by atoms with Crippen LogP contribution in [0.15, 0.2) is 42.9 Å². The molecule has 0 fully saturated rings. The second-order valence-electron chi connectivity index (χ2n) is 5.59.